The van der Waals surface area contributed by atoms with Crippen LogP contribution in [0.1, 0.15) is 23.1 Å². The van der Waals surface area contributed by atoms with Gasteiger partial charge in [0.25, 0.3) is 0 Å². The van der Waals surface area contributed by atoms with Gasteiger partial charge >= 0.3 is 6.61 Å². The topological polar surface area (TPSA) is 44.1 Å². The van der Waals surface area contributed by atoms with E-state index in [1.54, 1.807) is 24.5 Å². The van der Waals surface area contributed by atoms with Gasteiger partial charge in [0.05, 0.1) is 12.0 Å². The van der Waals surface area contributed by atoms with E-state index in [0.29, 0.717) is 12.4 Å². The van der Waals surface area contributed by atoms with E-state index in [0.717, 1.165) is 0 Å². The summed E-state index contributed by atoms with van der Waals surface area (Å²) in [6, 6.07) is 5.98. The highest BCUT2D eigenvalue weighted by atomic mass is 19.3. The summed E-state index contributed by atoms with van der Waals surface area (Å²) in [7, 11) is 0. The zero-order valence-electron chi connectivity index (χ0n) is 10.9. The third-order valence-corrected chi connectivity index (χ3v) is 2.86. The number of ketones is 1. The maximum Gasteiger partial charge on any atom is 0.387 e. The molecule has 0 saturated heterocycles. The molecule has 0 saturated carbocycles. The number of alkyl halides is 2. The third-order valence-electron chi connectivity index (χ3n) is 2.86. The monoisotopic (exact) mass is 280 g/mol. The van der Waals surface area contributed by atoms with Crippen LogP contribution in [0.15, 0.2) is 36.7 Å². The number of aromatic nitrogens is 2. The number of carbonyl (C=O) groups is 1. The lowest BCUT2D eigenvalue weighted by Crippen LogP contribution is -2.12. The molecule has 1 heterocycles. The van der Waals surface area contributed by atoms with Gasteiger partial charge in [0, 0.05) is 18.9 Å². The van der Waals surface area contributed by atoms with Crippen LogP contribution in [0.5, 0.6) is 5.75 Å². The van der Waals surface area contributed by atoms with E-state index in [9.17, 15) is 13.6 Å². The first-order chi connectivity index (χ1) is 9.61. The van der Waals surface area contributed by atoms with Crippen molar-refractivity contribution in [1.82, 2.24) is 9.55 Å². The Morgan fingerprint density at radius 3 is 2.85 bits per heavy atom. The van der Waals surface area contributed by atoms with Crippen molar-refractivity contribution < 1.29 is 18.3 Å². The van der Waals surface area contributed by atoms with Gasteiger partial charge in [-0.1, -0.05) is 12.1 Å². The normalized spacial score (nSPS) is 10.8. The van der Waals surface area contributed by atoms with Gasteiger partial charge in [-0.25, -0.2) is 4.98 Å². The quantitative estimate of drug-likeness (QED) is 0.764. The number of rotatable bonds is 6. The van der Waals surface area contributed by atoms with Crippen molar-refractivity contribution in [2.45, 2.75) is 26.5 Å². The van der Waals surface area contributed by atoms with E-state index in [2.05, 4.69) is 9.72 Å². The Morgan fingerprint density at radius 2 is 2.15 bits per heavy atom. The molecule has 0 radical (unpaired) electrons. The first-order valence-corrected chi connectivity index (χ1v) is 6.19. The SMILES string of the molecule is CCn1ccnc1CC(=O)c1ccccc1OC(F)F. The van der Waals surface area contributed by atoms with Crippen LogP contribution in [-0.4, -0.2) is 21.9 Å². The minimum Gasteiger partial charge on any atom is -0.434 e. The molecule has 0 spiro atoms. The smallest absolute Gasteiger partial charge is 0.387 e. The van der Waals surface area contributed by atoms with Gasteiger partial charge in [-0.2, -0.15) is 8.78 Å². The fraction of sp³-hybridized carbons (Fsp3) is 0.286. The molecule has 106 valence electrons. The summed E-state index contributed by atoms with van der Waals surface area (Å²) in [5.74, 6) is 0.189. The fourth-order valence-electron chi connectivity index (χ4n) is 1.93. The molecule has 0 unspecified atom stereocenters. The molecular weight excluding hydrogens is 266 g/mol. The average Bonchev–Trinajstić information content (AvgIpc) is 2.85. The van der Waals surface area contributed by atoms with E-state index >= 15 is 0 Å². The lowest BCUT2D eigenvalue weighted by atomic mass is 10.1. The summed E-state index contributed by atoms with van der Waals surface area (Å²) in [5.41, 5.74) is 0.137. The summed E-state index contributed by atoms with van der Waals surface area (Å²) >= 11 is 0. The molecule has 1 aromatic heterocycles. The molecule has 0 fully saturated rings. The van der Waals surface area contributed by atoms with E-state index in [4.69, 9.17) is 0 Å². The van der Waals surface area contributed by atoms with E-state index in [1.165, 1.54) is 12.1 Å². The number of hydrogen-bond acceptors (Lipinski definition) is 3. The third kappa shape index (κ3) is 3.20. The van der Waals surface area contributed by atoms with Crippen molar-refractivity contribution in [2.24, 2.45) is 0 Å². The molecule has 0 aliphatic heterocycles. The fourth-order valence-corrected chi connectivity index (χ4v) is 1.93. The molecule has 0 bridgehead atoms. The number of ether oxygens (including phenoxy) is 1. The van der Waals surface area contributed by atoms with E-state index in [1.807, 2.05) is 11.5 Å². The van der Waals surface area contributed by atoms with Crippen LogP contribution in [0, 0.1) is 0 Å². The molecule has 0 amide bonds. The zero-order valence-corrected chi connectivity index (χ0v) is 10.9. The van der Waals surface area contributed by atoms with Crippen LogP contribution < -0.4 is 4.74 Å². The number of aryl methyl sites for hydroxylation is 1. The Kier molecular flexibility index (Phi) is 4.45. The van der Waals surface area contributed by atoms with Crippen molar-refractivity contribution in [3.8, 4) is 5.75 Å². The average molecular weight is 280 g/mol. The number of Topliss-reactive ketones (excluding diaryl/α,β-unsaturated/α-hetero) is 1. The molecule has 6 heteroatoms. The number of hydrogen-bond donors (Lipinski definition) is 0. The second-order valence-electron chi connectivity index (χ2n) is 4.10. The summed E-state index contributed by atoms with van der Waals surface area (Å²) in [6.45, 7) is -0.331. The Balaban J connectivity index is 2.21. The number of para-hydroxylation sites is 1. The van der Waals surface area contributed by atoms with Gasteiger partial charge in [0.1, 0.15) is 11.6 Å². The first-order valence-electron chi connectivity index (χ1n) is 6.19. The van der Waals surface area contributed by atoms with E-state index in [-0.39, 0.29) is 23.5 Å². The van der Waals surface area contributed by atoms with Crippen LogP contribution in [0.4, 0.5) is 8.78 Å². The number of nitrogens with zero attached hydrogens (tertiary/aromatic N) is 2. The molecule has 20 heavy (non-hydrogen) atoms. The largest absolute Gasteiger partial charge is 0.434 e. The van der Waals surface area contributed by atoms with Gasteiger partial charge < -0.3 is 9.30 Å². The number of halogens is 2. The van der Waals surface area contributed by atoms with E-state index < -0.39 is 6.61 Å². The minimum atomic E-state index is -2.96. The molecular formula is C14H14F2N2O2. The predicted molar refractivity (Wildman–Crippen MR) is 69.0 cm³/mol. The maximum atomic E-state index is 12.3. The zero-order chi connectivity index (χ0) is 14.5. The molecule has 0 N–H and O–H groups in total. The molecule has 2 rings (SSSR count). The Labute approximate surface area is 115 Å². The second-order valence-corrected chi connectivity index (χ2v) is 4.10. The highest BCUT2D eigenvalue weighted by molar-refractivity contribution is 5.99. The molecule has 0 atom stereocenters. The van der Waals surface area contributed by atoms with Gasteiger partial charge in [0.15, 0.2) is 5.78 Å². The lowest BCUT2D eigenvalue weighted by Gasteiger charge is -2.10. The molecule has 0 aliphatic carbocycles. The van der Waals surface area contributed by atoms with Gasteiger partial charge in [-0.15, -0.1) is 0 Å². The van der Waals surface area contributed by atoms with Crippen LogP contribution >= 0.6 is 0 Å². The highest BCUT2D eigenvalue weighted by Gasteiger charge is 2.17. The predicted octanol–water partition coefficient (Wildman–Crippen LogP) is 2.93. The highest BCUT2D eigenvalue weighted by Crippen LogP contribution is 2.21. The summed E-state index contributed by atoms with van der Waals surface area (Å²) in [4.78, 5) is 16.3. The lowest BCUT2D eigenvalue weighted by molar-refractivity contribution is -0.0501. The second kappa shape index (κ2) is 6.27. The first kappa shape index (κ1) is 14.2. The van der Waals surface area contributed by atoms with Crippen molar-refractivity contribution in [3.05, 3.63) is 48.0 Å². The number of carbonyl (C=O) groups excluding carboxylic acids is 1. The van der Waals surface area contributed by atoms with Gasteiger partial charge in [-0.05, 0) is 19.1 Å². The van der Waals surface area contributed by atoms with Crippen molar-refractivity contribution in [1.29, 1.82) is 0 Å². The number of benzene rings is 1. The van der Waals surface area contributed by atoms with Crippen LogP contribution in [-0.2, 0) is 13.0 Å². The standard InChI is InChI=1S/C14H14F2N2O2/c1-2-18-8-7-17-13(18)9-11(19)10-5-3-4-6-12(10)20-14(15)16/h3-8,14H,2,9H2,1H3. The van der Waals surface area contributed by atoms with Crippen molar-refractivity contribution in [2.75, 3.05) is 0 Å². The molecule has 0 aliphatic rings. The van der Waals surface area contributed by atoms with Crippen LogP contribution in [0.2, 0.25) is 0 Å². The van der Waals surface area contributed by atoms with Gasteiger partial charge in [-0.3, -0.25) is 4.79 Å². The van der Waals surface area contributed by atoms with Crippen molar-refractivity contribution >= 4 is 5.78 Å². The summed E-state index contributed by atoms with van der Waals surface area (Å²) < 4.78 is 30.8. The molecule has 2 aromatic rings. The Hall–Kier alpha value is -2.24. The minimum absolute atomic E-state index is 0.0461. The number of imidazole rings is 1. The van der Waals surface area contributed by atoms with Gasteiger partial charge in [0.2, 0.25) is 0 Å². The van der Waals surface area contributed by atoms with Crippen molar-refractivity contribution in [3.63, 3.8) is 0 Å². The Morgan fingerprint density at radius 1 is 1.40 bits per heavy atom. The maximum absolute atomic E-state index is 12.3. The molecule has 1 aromatic carbocycles. The Bertz CT molecular complexity index is 596. The van der Waals surface area contributed by atoms with Crippen LogP contribution in [0.25, 0.3) is 0 Å². The summed E-state index contributed by atoms with van der Waals surface area (Å²) in [6.07, 6.45) is 3.42. The van der Waals surface area contributed by atoms with Crippen LogP contribution in [0.3, 0.4) is 0 Å². The summed E-state index contributed by atoms with van der Waals surface area (Å²) in [5, 5.41) is 0. The molecule has 4 nitrogen and oxygen atoms in total.